The molecule has 0 radical (unpaired) electrons. The topological polar surface area (TPSA) is 60.4 Å². The van der Waals surface area contributed by atoms with Gasteiger partial charge in [-0.2, -0.15) is 0 Å². The Bertz CT molecular complexity index is 763. The fraction of sp³-hybridized carbons (Fsp3) is 0.680. The van der Waals surface area contributed by atoms with Crippen molar-refractivity contribution in [3.8, 4) is 5.75 Å². The zero-order valence-electron chi connectivity index (χ0n) is 20.6. The average Bonchev–Trinajstić information content (AvgIpc) is 3.36. The van der Waals surface area contributed by atoms with Crippen LogP contribution in [0.15, 0.2) is 29.3 Å². The maximum atomic E-state index is 12.8. The van der Waals surface area contributed by atoms with Gasteiger partial charge in [-0.05, 0) is 44.4 Å². The highest BCUT2D eigenvalue weighted by Crippen LogP contribution is 2.26. The van der Waals surface area contributed by atoms with Crippen molar-refractivity contribution in [2.75, 3.05) is 59.5 Å². The first-order valence-corrected chi connectivity index (χ1v) is 12.1. The van der Waals surface area contributed by atoms with Crippen LogP contribution in [-0.4, -0.2) is 92.1 Å². The van der Waals surface area contributed by atoms with E-state index in [0.717, 1.165) is 70.4 Å². The van der Waals surface area contributed by atoms with E-state index in [0.29, 0.717) is 6.54 Å². The van der Waals surface area contributed by atoms with Crippen molar-refractivity contribution < 1.29 is 9.53 Å². The molecule has 1 unspecified atom stereocenters. The smallest absolute Gasteiger partial charge is 0.239 e. The number of aliphatic imine (C=N–C) groups is 1. The number of ether oxygens (including phenoxy) is 1. The minimum atomic E-state index is -0.0779. The van der Waals surface area contributed by atoms with Crippen molar-refractivity contribution in [3.63, 3.8) is 0 Å². The average molecular weight is 444 g/mol. The van der Waals surface area contributed by atoms with Crippen LogP contribution < -0.4 is 10.1 Å². The molecule has 0 spiro atoms. The van der Waals surface area contributed by atoms with Crippen LogP contribution in [0.1, 0.15) is 46.1 Å². The molecule has 2 heterocycles. The van der Waals surface area contributed by atoms with Gasteiger partial charge >= 0.3 is 0 Å². The van der Waals surface area contributed by atoms with Crippen molar-refractivity contribution in [1.29, 1.82) is 0 Å². The Labute approximate surface area is 193 Å². The van der Waals surface area contributed by atoms with Crippen LogP contribution in [0.25, 0.3) is 0 Å². The number of benzene rings is 1. The number of carbonyl (C=O) groups excluding carboxylic acids is 1. The summed E-state index contributed by atoms with van der Waals surface area (Å²) in [6, 6.07) is 8.23. The Balaban J connectivity index is 1.59. The van der Waals surface area contributed by atoms with Gasteiger partial charge in [-0.15, -0.1) is 0 Å². The van der Waals surface area contributed by atoms with E-state index >= 15 is 0 Å². The molecule has 2 aliphatic rings. The van der Waals surface area contributed by atoms with Crippen molar-refractivity contribution in [2.24, 2.45) is 4.99 Å². The number of hydrogen-bond donors (Lipinski definition) is 1. The van der Waals surface area contributed by atoms with Gasteiger partial charge in [0.2, 0.25) is 5.91 Å². The molecule has 0 bridgehead atoms. The van der Waals surface area contributed by atoms with Crippen LogP contribution in [0, 0.1) is 0 Å². The molecule has 2 fully saturated rings. The van der Waals surface area contributed by atoms with Crippen molar-refractivity contribution in [3.05, 3.63) is 29.8 Å². The number of guanidine groups is 1. The van der Waals surface area contributed by atoms with Crippen LogP contribution >= 0.6 is 0 Å². The molecule has 2 saturated heterocycles. The quantitative estimate of drug-likeness (QED) is 0.518. The fourth-order valence-electron chi connectivity index (χ4n) is 4.51. The van der Waals surface area contributed by atoms with Crippen LogP contribution in [0.2, 0.25) is 0 Å². The van der Waals surface area contributed by atoms with Gasteiger partial charge in [0.1, 0.15) is 5.75 Å². The highest BCUT2D eigenvalue weighted by Gasteiger charge is 2.30. The molecule has 7 heteroatoms. The van der Waals surface area contributed by atoms with Gasteiger partial charge < -0.3 is 19.9 Å². The molecule has 178 valence electrons. The summed E-state index contributed by atoms with van der Waals surface area (Å²) in [4.78, 5) is 24.5. The number of methoxy groups -OCH3 is 1. The third-order valence-electron chi connectivity index (χ3n) is 6.77. The van der Waals surface area contributed by atoms with E-state index in [2.05, 4.69) is 54.9 Å². The second-order valence-corrected chi connectivity index (χ2v) is 9.51. The molecule has 2 aliphatic heterocycles. The number of piperazine rings is 1. The van der Waals surface area contributed by atoms with E-state index in [1.54, 1.807) is 7.11 Å². The standard InChI is InChI=1S/C25H41N5O2/c1-6-26-24(27-19-25(3,4)21-9-11-22(32-5)12-10-21)30-17-15-28(16-18-30)20(2)23(31)29-13-7-8-14-29/h9-12,20H,6-8,13-19H2,1-5H3,(H,26,27). The van der Waals surface area contributed by atoms with Gasteiger partial charge in [0.05, 0.1) is 19.7 Å². The lowest BCUT2D eigenvalue weighted by atomic mass is 9.85. The molecule has 1 atom stereocenters. The SMILES string of the molecule is CCNC(=NCC(C)(C)c1ccc(OC)cc1)N1CCN(C(C)C(=O)N2CCCC2)CC1. The van der Waals surface area contributed by atoms with Crippen molar-refractivity contribution in [1.82, 2.24) is 20.0 Å². The predicted octanol–water partition coefficient (Wildman–Crippen LogP) is 2.57. The lowest BCUT2D eigenvalue weighted by molar-refractivity contribution is -0.135. The van der Waals surface area contributed by atoms with Crippen LogP contribution in [-0.2, 0) is 10.2 Å². The Morgan fingerprint density at radius 2 is 1.69 bits per heavy atom. The molecular weight excluding hydrogens is 402 g/mol. The number of amides is 1. The lowest BCUT2D eigenvalue weighted by Crippen LogP contribution is -2.57. The van der Waals surface area contributed by atoms with Crippen LogP contribution in [0.4, 0.5) is 0 Å². The summed E-state index contributed by atoms with van der Waals surface area (Å²) >= 11 is 0. The molecule has 3 rings (SSSR count). The van der Waals surface area contributed by atoms with Gasteiger partial charge in [0, 0.05) is 51.2 Å². The van der Waals surface area contributed by atoms with Crippen LogP contribution in [0.5, 0.6) is 5.75 Å². The van der Waals surface area contributed by atoms with E-state index in [4.69, 9.17) is 9.73 Å². The van der Waals surface area contributed by atoms with E-state index in [1.165, 1.54) is 5.56 Å². The zero-order valence-corrected chi connectivity index (χ0v) is 20.6. The highest BCUT2D eigenvalue weighted by atomic mass is 16.5. The number of rotatable bonds is 7. The number of carbonyl (C=O) groups is 1. The first-order chi connectivity index (χ1) is 15.4. The zero-order chi connectivity index (χ0) is 23.1. The van der Waals surface area contributed by atoms with Gasteiger partial charge in [0.15, 0.2) is 5.96 Å². The van der Waals surface area contributed by atoms with Gasteiger partial charge in [0.25, 0.3) is 0 Å². The second-order valence-electron chi connectivity index (χ2n) is 9.51. The molecule has 1 aromatic rings. The van der Waals surface area contributed by atoms with E-state index < -0.39 is 0 Å². The van der Waals surface area contributed by atoms with E-state index in [-0.39, 0.29) is 17.4 Å². The number of nitrogens with one attached hydrogen (secondary N) is 1. The summed E-state index contributed by atoms with van der Waals surface area (Å²) in [5, 5.41) is 3.47. The normalized spacial score (nSPS) is 19.2. The van der Waals surface area contributed by atoms with Crippen molar-refractivity contribution >= 4 is 11.9 Å². The first kappa shape index (κ1) is 24.4. The number of nitrogens with zero attached hydrogens (tertiary/aromatic N) is 4. The summed E-state index contributed by atoms with van der Waals surface area (Å²) in [5.41, 5.74) is 1.17. The molecule has 7 nitrogen and oxygen atoms in total. The maximum absolute atomic E-state index is 12.8. The first-order valence-electron chi connectivity index (χ1n) is 12.1. The number of likely N-dealkylation sites (tertiary alicyclic amines) is 1. The third kappa shape index (κ3) is 5.94. The lowest BCUT2D eigenvalue weighted by Gasteiger charge is -2.39. The predicted molar refractivity (Wildman–Crippen MR) is 130 cm³/mol. The molecule has 0 saturated carbocycles. The fourth-order valence-corrected chi connectivity index (χ4v) is 4.51. The molecule has 0 aliphatic carbocycles. The minimum Gasteiger partial charge on any atom is -0.497 e. The Morgan fingerprint density at radius 1 is 1.06 bits per heavy atom. The summed E-state index contributed by atoms with van der Waals surface area (Å²) in [7, 11) is 1.69. The maximum Gasteiger partial charge on any atom is 0.239 e. The molecule has 32 heavy (non-hydrogen) atoms. The summed E-state index contributed by atoms with van der Waals surface area (Å²) < 4.78 is 5.29. The number of hydrogen-bond acceptors (Lipinski definition) is 4. The third-order valence-corrected chi connectivity index (χ3v) is 6.77. The molecular formula is C25H41N5O2. The monoisotopic (exact) mass is 443 g/mol. The summed E-state index contributed by atoms with van der Waals surface area (Å²) in [6.45, 7) is 15.5. The van der Waals surface area contributed by atoms with Gasteiger partial charge in [-0.3, -0.25) is 14.7 Å². The van der Waals surface area contributed by atoms with Crippen LogP contribution in [0.3, 0.4) is 0 Å². The largest absolute Gasteiger partial charge is 0.497 e. The highest BCUT2D eigenvalue weighted by molar-refractivity contribution is 5.82. The Morgan fingerprint density at radius 3 is 2.25 bits per heavy atom. The van der Waals surface area contributed by atoms with E-state index in [9.17, 15) is 4.79 Å². The molecule has 0 aromatic heterocycles. The second kappa shape index (κ2) is 11.0. The van der Waals surface area contributed by atoms with Gasteiger partial charge in [-0.25, -0.2) is 0 Å². The Hall–Kier alpha value is -2.28. The van der Waals surface area contributed by atoms with Crippen molar-refractivity contribution in [2.45, 2.75) is 52.0 Å². The summed E-state index contributed by atoms with van der Waals surface area (Å²) in [5.74, 6) is 2.13. The molecule has 1 aromatic carbocycles. The Kier molecular flexibility index (Phi) is 8.40. The molecule has 1 N–H and O–H groups in total. The minimum absolute atomic E-state index is 0.0382. The van der Waals surface area contributed by atoms with E-state index in [1.807, 2.05) is 17.0 Å². The summed E-state index contributed by atoms with van der Waals surface area (Å²) in [6.07, 6.45) is 2.28. The molecule has 1 amide bonds. The van der Waals surface area contributed by atoms with Gasteiger partial charge in [-0.1, -0.05) is 26.0 Å².